The first-order valence-electron chi connectivity index (χ1n) is 9.66. The fraction of sp³-hybridized carbons (Fsp3) is 0.348. The molecular formula is C23H28F2N2O3. The maximum absolute atomic E-state index is 12.7. The zero-order valence-corrected chi connectivity index (χ0v) is 17.7. The smallest absolute Gasteiger partial charge is 0.387 e. The van der Waals surface area contributed by atoms with Crippen molar-refractivity contribution in [2.45, 2.75) is 39.6 Å². The molecule has 30 heavy (non-hydrogen) atoms. The second-order valence-corrected chi connectivity index (χ2v) is 7.09. The molecule has 7 heteroatoms. The summed E-state index contributed by atoms with van der Waals surface area (Å²) in [4.78, 5) is 14.5. The van der Waals surface area contributed by atoms with Crippen molar-refractivity contribution in [1.82, 2.24) is 10.2 Å². The summed E-state index contributed by atoms with van der Waals surface area (Å²) in [5, 5.41) is 2.84. The lowest BCUT2D eigenvalue weighted by molar-refractivity contribution is -0.116. The quantitative estimate of drug-likeness (QED) is 0.579. The van der Waals surface area contributed by atoms with Gasteiger partial charge in [-0.15, -0.1) is 0 Å². The van der Waals surface area contributed by atoms with Crippen LogP contribution >= 0.6 is 0 Å². The molecule has 0 radical (unpaired) electrons. The fourth-order valence-electron chi connectivity index (χ4n) is 2.78. The Hall–Kier alpha value is -2.93. The highest BCUT2D eigenvalue weighted by molar-refractivity contribution is 5.92. The van der Waals surface area contributed by atoms with E-state index in [1.165, 1.54) is 25.3 Å². The molecule has 0 heterocycles. The number of alkyl halides is 2. The van der Waals surface area contributed by atoms with Crippen LogP contribution in [0.3, 0.4) is 0 Å². The Morgan fingerprint density at radius 2 is 1.83 bits per heavy atom. The molecule has 0 aromatic heterocycles. The molecule has 0 saturated carbocycles. The topological polar surface area (TPSA) is 50.8 Å². The van der Waals surface area contributed by atoms with Gasteiger partial charge in [0.25, 0.3) is 0 Å². The van der Waals surface area contributed by atoms with E-state index in [2.05, 4.69) is 35.8 Å². The predicted octanol–water partition coefficient (Wildman–Crippen LogP) is 4.47. The summed E-state index contributed by atoms with van der Waals surface area (Å²) >= 11 is 0. The van der Waals surface area contributed by atoms with Gasteiger partial charge in [0.05, 0.1) is 7.11 Å². The third-order valence-corrected chi connectivity index (χ3v) is 4.72. The highest BCUT2D eigenvalue weighted by atomic mass is 19.3. The molecule has 2 aromatic carbocycles. The molecule has 1 N–H and O–H groups in total. The maximum Gasteiger partial charge on any atom is 0.387 e. The lowest BCUT2D eigenvalue weighted by Gasteiger charge is -2.22. The SMILES string of the molecule is COc1cccc(C=CC(=O)NCc2ccccc2CN(C)C(C)C)c1OC(F)F. The second kappa shape index (κ2) is 11.3. The van der Waals surface area contributed by atoms with E-state index in [4.69, 9.17) is 4.74 Å². The van der Waals surface area contributed by atoms with Crippen LogP contribution in [-0.4, -0.2) is 37.6 Å². The highest BCUT2D eigenvalue weighted by Gasteiger charge is 2.14. The summed E-state index contributed by atoms with van der Waals surface area (Å²) in [6.07, 6.45) is 2.71. The Bertz CT molecular complexity index is 869. The van der Waals surface area contributed by atoms with Crippen LogP contribution < -0.4 is 14.8 Å². The summed E-state index contributed by atoms with van der Waals surface area (Å²) < 4.78 is 35.1. The number of halogens is 2. The Balaban J connectivity index is 2.07. The number of ether oxygens (including phenoxy) is 2. The van der Waals surface area contributed by atoms with E-state index in [0.717, 1.165) is 17.7 Å². The molecule has 0 aliphatic rings. The minimum atomic E-state index is -3.00. The molecule has 0 aliphatic heterocycles. The van der Waals surface area contributed by atoms with E-state index < -0.39 is 6.61 Å². The van der Waals surface area contributed by atoms with Crippen molar-refractivity contribution in [3.05, 3.63) is 65.2 Å². The van der Waals surface area contributed by atoms with Crippen molar-refractivity contribution in [2.24, 2.45) is 0 Å². The Morgan fingerprint density at radius 1 is 1.13 bits per heavy atom. The van der Waals surface area contributed by atoms with E-state index >= 15 is 0 Å². The number of para-hydroxylation sites is 1. The molecule has 0 fully saturated rings. The van der Waals surface area contributed by atoms with Crippen LogP contribution in [0.25, 0.3) is 6.08 Å². The van der Waals surface area contributed by atoms with Crippen molar-refractivity contribution >= 4 is 12.0 Å². The van der Waals surface area contributed by atoms with E-state index in [1.807, 2.05) is 24.3 Å². The molecule has 0 aliphatic carbocycles. The number of nitrogens with one attached hydrogen (secondary N) is 1. The number of rotatable bonds is 10. The van der Waals surface area contributed by atoms with Gasteiger partial charge in [-0.1, -0.05) is 36.4 Å². The van der Waals surface area contributed by atoms with Gasteiger partial charge in [-0.3, -0.25) is 9.69 Å². The molecule has 162 valence electrons. The van der Waals surface area contributed by atoms with Crippen molar-refractivity contribution < 1.29 is 23.0 Å². The van der Waals surface area contributed by atoms with Crippen LogP contribution in [0.15, 0.2) is 48.5 Å². The molecule has 1 amide bonds. The zero-order valence-electron chi connectivity index (χ0n) is 17.7. The van der Waals surface area contributed by atoms with Crippen LogP contribution in [0.5, 0.6) is 11.5 Å². The summed E-state index contributed by atoms with van der Waals surface area (Å²) in [5.41, 5.74) is 2.48. The molecule has 2 rings (SSSR count). The normalized spacial score (nSPS) is 11.5. The van der Waals surface area contributed by atoms with E-state index in [9.17, 15) is 13.6 Å². The van der Waals surface area contributed by atoms with Crippen LogP contribution in [0, 0.1) is 0 Å². The van der Waals surface area contributed by atoms with Crippen molar-refractivity contribution in [1.29, 1.82) is 0 Å². The zero-order chi connectivity index (χ0) is 22.1. The lowest BCUT2D eigenvalue weighted by atomic mass is 10.1. The molecule has 5 nitrogen and oxygen atoms in total. The van der Waals surface area contributed by atoms with Gasteiger partial charge in [0.2, 0.25) is 5.91 Å². The largest absolute Gasteiger partial charge is 0.493 e. The number of carbonyl (C=O) groups excluding carboxylic acids is 1. The number of nitrogens with zero attached hydrogens (tertiary/aromatic N) is 1. The molecule has 0 saturated heterocycles. The second-order valence-electron chi connectivity index (χ2n) is 7.09. The van der Waals surface area contributed by atoms with Gasteiger partial charge in [-0.05, 0) is 44.2 Å². The van der Waals surface area contributed by atoms with Gasteiger partial charge in [-0.25, -0.2) is 0 Å². The third-order valence-electron chi connectivity index (χ3n) is 4.72. The Labute approximate surface area is 176 Å². The van der Waals surface area contributed by atoms with Gasteiger partial charge in [0.1, 0.15) is 0 Å². The van der Waals surface area contributed by atoms with E-state index in [-0.39, 0.29) is 17.4 Å². The summed E-state index contributed by atoms with van der Waals surface area (Å²) in [6, 6.07) is 13.0. The number of hydrogen-bond acceptors (Lipinski definition) is 4. The first kappa shape index (κ1) is 23.3. The number of benzene rings is 2. The Kier molecular flexibility index (Phi) is 8.80. The van der Waals surface area contributed by atoms with Gasteiger partial charge >= 0.3 is 6.61 Å². The Morgan fingerprint density at radius 3 is 2.47 bits per heavy atom. The van der Waals surface area contributed by atoms with Gasteiger partial charge < -0.3 is 14.8 Å². The number of methoxy groups -OCH3 is 1. The number of amides is 1. The van der Waals surface area contributed by atoms with E-state index in [1.54, 1.807) is 12.1 Å². The molecule has 0 atom stereocenters. The minimum absolute atomic E-state index is 0.110. The van der Waals surface area contributed by atoms with Crippen molar-refractivity contribution in [3.8, 4) is 11.5 Å². The standard InChI is InChI=1S/C23H28F2N2O3/c1-16(2)27(3)15-19-9-6-5-8-18(19)14-26-21(28)13-12-17-10-7-11-20(29-4)22(17)30-23(24)25/h5-13,16,23H,14-15H2,1-4H3,(H,26,28). The summed E-state index contributed by atoms with van der Waals surface area (Å²) in [5.74, 6) is -0.282. The highest BCUT2D eigenvalue weighted by Crippen LogP contribution is 2.33. The summed E-state index contributed by atoms with van der Waals surface area (Å²) in [7, 11) is 3.41. The molecular weight excluding hydrogens is 390 g/mol. The predicted molar refractivity (Wildman–Crippen MR) is 114 cm³/mol. The first-order chi connectivity index (χ1) is 14.3. The number of carbonyl (C=O) groups is 1. The van der Waals surface area contributed by atoms with Crippen LogP contribution in [-0.2, 0) is 17.9 Å². The van der Waals surface area contributed by atoms with Crippen molar-refractivity contribution in [2.75, 3.05) is 14.2 Å². The van der Waals surface area contributed by atoms with Gasteiger partial charge in [0, 0.05) is 30.8 Å². The van der Waals surface area contributed by atoms with Crippen LogP contribution in [0.2, 0.25) is 0 Å². The fourth-order valence-corrected chi connectivity index (χ4v) is 2.78. The van der Waals surface area contributed by atoms with Gasteiger partial charge in [0.15, 0.2) is 11.5 Å². The minimum Gasteiger partial charge on any atom is -0.493 e. The van der Waals surface area contributed by atoms with E-state index in [0.29, 0.717) is 18.2 Å². The van der Waals surface area contributed by atoms with Crippen LogP contribution in [0.1, 0.15) is 30.5 Å². The maximum atomic E-state index is 12.7. The van der Waals surface area contributed by atoms with Crippen LogP contribution in [0.4, 0.5) is 8.78 Å². The third kappa shape index (κ3) is 6.84. The first-order valence-corrected chi connectivity index (χ1v) is 9.66. The van der Waals surface area contributed by atoms with Gasteiger partial charge in [-0.2, -0.15) is 8.78 Å². The van der Waals surface area contributed by atoms with Crippen molar-refractivity contribution in [3.63, 3.8) is 0 Å². The average molecular weight is 418 g/mol. The number of hydrogen-bond donors (Lipinski definition) is 1. The molecule has 0 unspecified atom stereocenters. The average Bonchev–Trinajstić information content (AvgIpc) is 2.71. The monoisotopic (exact) mass is 418 g/mol. The lowest BCUT2D eigenvalue weighted by Crippen LogP contribution is -2.27. The molecule has 0 spiro atoms. The molecule has 2 aromatic rings. The molecule has 0 bridgehead atoms. The summed E-state index contributed by atoms with van der Waals surface area (Å²) in [6.45, 7) is 2.39.